The first kappa shape index (κ1) is 23.5. The second-order valence-corrected chi connectivity index (χ2v) is 11.3. The third-order valence-corrected chi connectivity index (χ3v) is 6.84. The Morgan fingerprint density at radius 2 is 1.62 bits per heavy atom. The highest BCUT2D eigenvalue weighted by Gasteiger charge is 2.24. The van der Waals surface area contributed by atoms with Crippen LogP contribution in [-0.4, -0.2) is 41.8 Å². The average Bonchev–Trinajstić information content (AvgIpc) is 2.58. The van der Waals surface area contributed by atoms with Gasteiger partial charge in [0.2, 0.25) is 15.9 Å². The summed E-state index contributed by atoms with van der Waals surface area (Å²) in [5, 5.41) is 3.13. The fraction of sp³-hybridized carbons (Fsp3) is 0.278. The number of sulfonamides is 1. The lowest BCUT2D eigenvalue weighted by Crippen LogP contribution is -2.41. The number of anilines is 1. The summed E-state index contributed by atoms with van der Waals surface area (Å²) in [6.45, 7) is 1.22. The number of rotatable bonds is 7. The number of hydrogen-bond acceptors (Lipinski definition) is 5. The van der Waals surface area contributed by atoms with Crippen molar-refractivity contribution in [3.05, 3.63) is 58.1 Å². The van der Waals surface area contributed by atoms with Crippen LogP contribution in [0.3, 0.4) is 0 Å². The highest BCUT2D eigenvalue weighted by Crippen LogP contribution is 2.30. The topological polar surface area (TPSA) is 101 Å². The number of carbonyl (C=O) groups excluding carboxylic acids is 1. The molecule has 0 spiro atoms. The van der Waals surface area contributed by atoms with Gasteiger partial charge in [-0.2, -0.15) is 0 Å². The molecule has 1 N–H and O–H groups in total. The minimum absolute atomic E-state index is 0.0973. The summed E-state index contributed by atoms with van der Waals surface area (Å²) in [6.07, 6.45) is 2.08. The van der Waals surface area contributed by atoms with Gasteiger partial charge in [-0.15, -0.1) is 0 Å². The molecule has 11 heteroatoms. The van der Waals surface area contributed by atoms with Crippen molar-refractivity contribution in [3.63, 3.8) is 0 Å². The predicted molar refractivity (Wildman–Crippen MR) is 115 cm³/mol. The molecule has 7 nitrogen and oxygen atoms in total. The fourth-order valence-corrected chi connectivity index (χ4v) is 4.63. The van der Waals surface area contributed by atoms with E-state index in [1.54, 1.807) is 19.1 Å². The summed E-state index contributed by atoms with van der Waals surface area (Å²) >= 11 is 11.9. The Bertz CT molecular complexity index is 1120. The van der Waals surface area contributed by atoms with Gasteiger partial charge < -0.3 is 5.32 Å². The van der Waals surface area contributed by atoms with Gasteiger partial charge in [0.25, 0.3) is 0 Å². The van der Waals surface area contributed by atoms with Crippen molar-refractivity contribution in [3.8, 4) is 0 Å². The Morgan fingerprint density at radius 3 is 2.10 bits per heavy atom. The number of sulfone groups is 1. The van der Waals surface area contributed by atoms with E-state index in [1.165, 1.54) is 30.3 Å². The molecule has 29 heavy (non-hydrogen) atoms. The molecule has 1 amide bonds. The third kappa shape index (κ3) is 6.33. The van der Waals surface area contributed by atoms with Gasteiger partial charge in [-0.05, 0) is 42.8 Å². The maximum absolute atomic E-state index is 12.5. The normalized spacial score (nSPS) is 13.0. The molecule has 0 radical (unpaired) electrons. The first-order valence-electron chi connectivity index (χ1n) is 8.31. The second-order valence-electron chi connectivity index (χ2n) is 6.50. The fourth-order valence-electron chi connectivity index (χ4n) is 2.57. The number of hydrogen-bond donors (Lipinski definition) is 1. The predicted octanol–water partition coefficient (Wildman–Crippen LogP) is 3.04. The molecule has 0 aliphatic heterocycles. The van der Waals surface area contributed by atoms with Crippen LogP contribution in [0, 0.1) is 0 Å². The molecule has 0 fully saturated rings. The van der Waals surface area contributed by atoms with Crippen LogP contribution in [0.25, 0.3) is 0 Å². The van der Waals surface area contributed by atoms with E-state index in [9.17, 15) is 21.6 Å². The highest BCUT2D eigenvalue weighted by molar-refractivity contribution is 7.92. The van der Waals surface area contributed by atoms with Gasteiger partial charge in [0.1, 0.15) is 6.54 Å². The van der Waals surface area contributed by atoms with Gasteiger partial charge in [-0.1, -0.05) is 35.3 Å². The van der Waals surface area contributed by atoms with E-state index in [1.807, 2.05) is 0 Å². The average molecular weight is 479 g/mol. The quantitative estimate of drug-likeness (QED) is 0.658. The molecule has 1 unspecified atom stereocenters. The Kier molecular flexibility index (Phi) is 7.21. The largest absolute Gasteiger partial charge is 0.348 e. The molecular formula is C18H20Cl2N2O5S2. The smallest absolute Gasteiger partial charge is 0.241 e. The third-order valence-electron chi connectivity index (χ3n) is 4.05. The molecule has 0 bridgehead atoms. The number of nitrogens with zero attached hydrogens (tertiary/aromatic N) is 1. The minimum atomic E-state index is -3.79. The molecule has 0 aliphatic rings. The molecule has 0 heterocycles. The van der Waals surface area contributed by atoms with Crippen LogP contribution in [0.15, 0.2) is 47.4 Å². The first-order valence-corrected chi connectivity index (χ1v) is 12.8. The lowest BCUT2D eigenvalue weighted by atomic mass is 10.1. The number of amides is 1. The van der Waals surface area contributed by atoms with Crippen LogP contribution in [0.2, 0.25) is 10.0 Å². The van der Waals surface area contributed by atoms with E-state index >= 15 is 0 Å². The summed E-state index contributed by atoms with van der Waals surface area (Å²) in [5.74, 6) is -0.555. The van der Waals surface area contributed by atoms with Gasteiger partial charge in [0, 0.05) is 11.3 Å². The molecule has 2 aromatic carbocycles. The standard InChI is InChI=1S/C18H20Cl2N2O5S2/c1-12(13-4-7-15(8-5-13)28(2,24)25)21-18(23)11-22(29(3,26)27)17-9-6-14(19)10-16(17)20/h4-10,12H,11H2,1-3H3,(H,21,23). The van der Waals surface area contributed by atoms with E-state index in [-0.39, 0.29) is 15.6 Å². The molecule has 2 rings (SSSR count). The van der Waals surface area contributed by atoms with Crippen molar-refractivity contribution < 1.29 is 21.6 Å². The van der Waals surface area contributed by atoms with E-state index < -0.39 is 38.4 Å². The van der Waals surface area contributed by atoms with Gasteiger partial charge in [-0.25, -0.2) is 16.8 Å². The lowest BCUT2D eigenvalue weighted by molar-refractivity contribution is -0.120. The Balaban J connectivity index is 2.18. The van der Waals surface area contributed by atoms with Crippen LogP contribution < -0.4 is 9.62 Å². The summed E-state index contributed by atoms with van der Waals surface area (Å²) in [7, 11) is -7.11. The minimum Gasteiger partial charge on any atom is -0.348 e. The second kappa shape index (κ2) is 8.91. The van der Waals surface area contributed by atoms with Gasteiger partial charge in [0.15, 0.2) is 9.84 Å². The molecule has 0 aromatic heterocycles. The molecule has 0 aliphatic carbocycles. The summed E-state index contributed by atoms with van der Waals surface area (Å²) in [4.78, 5) is 12.6. The summed E-state index contributed by atoms with van der Waals surface area (Å²) in [5.41, 5.74) is 0.806. The van der Waals surface area contributed by atoms with Crippen LogP contribution in [0.4, 0.5) is 5.69 Å². The van der Waals surface area contributed by atoms with Crippen molar-refractivity contribution in [2.45, 2.75) is 17.9 Å². The van der Waals surface area contributed by atoms with Crippen molar-refractivity contribution in [2.75, 3.05) is 23.4 Å². The zero-order chi connectivity index (χ0) is 22.0. The Labute approximate surface area is 180 Å². The van der Waals surface area contributed by atoms with Gasteiger partial charge >= 0.3 is 0 Å². The Hall–Kier alpha value is -1.81. The molecule has 0 saturated heterocycles. The summed E-state index contributed by atoms with van der Waals surface area (Å²) < 4.78 is 48.3. The maximum Gasteiger partial charge on any atom is 0.241 e. The lowest BCUT2D eigenvalue weighted by Gasteiger charge is -2.24. The Morgan fingerprint density at radius 1 is 1.03 bits per heavy atom. The number of benzene rings is 2. The molecule has 158 valence electrons. The van der Waals surface area contributed by atoms with Crippen LogP contribution >= 0.6 is 23.2 Å². The zero-order valence-corrected chi connectivity index (χ0v) is 19.0. The highest BCUT2D eigenvalue weighted by atomic mass is 35.5. The SMILES string of the molecule is CC(NC(=O)CN(c1ccc(Cl)cc1Cl)S(C)(=O)=O)c1ccc(S(C)(=O)=O)cc1. The van der Waals surface area contributed by atoms with Crippen molar-refractivity contribution in [1.82, 2.24) is 5.32 Å². The zero-order valence-electron chi connectivity index (χ0n) is 15.9. The van der Waals surface area contributed by atoms with Crippen molar-refractivity contribution in [2.24, 2.45) is 0 Å². The van der Waals surface area contributed by atoms with Crippen LogP contribution in [0.1, 0.15) is 18.5 Å². The van der Waals surface area contributed by atoms with E-state index in [4.69, 9.17) is 23.2 Å². The molecule has 1 atom stereocenters. The number of halogens is 2. The van der Waals surface area contributed by atoms with Crippen LogP contribution in [0.5, 0.6) is 0 Å². The number of carbonyl (C=O) groups is 1. The van der Waals surface area contributed by atoms with Crippen molar-refractivity contribution >= 4 is 54.7 Å². The maximum atomic E-state index is 12.5. The van der Waals surface area contributed by atoms with E-state index in [0.717, 1.165) is 16.8 Å². The summed E-state index contributed by atoms with van der Waals surface area (Å²) in [6, 6.07) is 9.89. The molecule has 0 saturated carbocycles. The van der Waals surface area contributed by atoms with Crippen LogP contribution in [-0.2, 0) is 24.7 Å². The molecule has 2 aromatic rings. The number of nitrogens with one attached hydrogen (secondary N) is 1. The monoisotopic (exact) mass is 478 g/mol. The van der Waals surface area contributed by atoms with E-state index in [2.05, 4.69) is 5.32 Å². The van der Waals surface area contributed by atoms with Crippen molar-refractivity contribution in [1.29, 1.82) is 0 Å². The van der Waals surface area contributed by atoms with E-state index in [0.29, 0.717) is 10.6 Å². The van der Waals surface area contributed by atoms with Gasteiger partial charge in [-0.3, -0.25) is 9.10 Å². The molecular weight excluding hydrogens is 459 g/mol. The van der Waals surface area contributed by atoms with Gasteiger partial charge in [0.05, 0.1) is 27.9 Å². The first-order chi connectivity index (χ1) is 13.3.